The van der Waals surface area contributed by atoms with Gasteiger partial charge < -0.3 is 14.4 Å². The third-order valence-electron chi connectivity index (χ3n) is 5.47. The highest BCUT2D eigenvalue weighted by Crippen LogP contribution is 2.34. The molecule has 2 aromatic heterocycles. The summed E-state index contributed by atoms with van der Waals surface area (Å²) in [5.41, 5.74) is 0.624. The fourth-order valence-electron chi connectivity index (χ4n) is 3.58. The molecule has 9 heteroatoms. The minimum atomic E-state index is -0.535. The van der Waals surface area contributed by atoms with Crippen molar-refractivity contribution in [3.05, 3.63) is 62.4 Å². The van der Waals surface area contributed by atoms with E-state index in [1.54, 1.807) is 26.2 Å². The van der Waals surface area contributed by atoms with Gasteiger partial charge in [-0.15, -0.1) is 0 Å². The Morgan fingerprint density at radius 2 is 1.94 bits per heavy atom. The number of amides is 1. The monoisotopic (exact) mass is 424 g/mol. The predicted octanol–water partition coefficient (Wildman–Crippen LogP) is 1.75. The zero-order chi connectivity index (χ0) is 22.1. The maximum absolute atomic E-state index is 12.9. The molecule has 0 saturated heterocycles. The number of likely N-dealkylation sites (N-methyl/N-ethyl adjacent to an activating group) is 1. The molecule has 0 atom stereocenters. The van der Waals surface area contributed by atoms with Crippen LogP contribution in [0.2, 0.25) is 0 Å². The van der Waals surface area contributed by atoms with Crippen LogP contribution in [0.3, 0.4) is 0 Å². The number of carbonyl (C=O) groups is 1. The molecule has 0 unspecified atom stereocenters. The number of nitrogens with one attached hydrogen (secondary N) is 1. The standard InChI is InChI=1S/C22H24N4O5/c1-25(9-8-13-4-7-17(30-2)18(10-13)31-3)21(28)14-11-16-19(23-12-14)26(15-5-6-15)22(29)24-20(16)27/h4,7,10-12,15H,5-6,8-9H2,1-3H3,(H,24,27,29). The van der Waals surface area contributed by atoms with Crippen LogP contribution < -0.4 is 20.7 Å². The molecule has 0 spiro atoms. The van der Waals surface area contributed by atoms with Gasteiger partial charge in [-0.2, -0.15) is 0 Å². The number of pyridine rings is 1. The van der Waals surface area contributed by atoms with E-state index >= 15 is 0 Å². The second-order valence-electron chi connectivity index (χ2n) is 7.62. The number of carbonyl (C=O) groups excluding carboxylic acids is 1. The number of H-pyrrole nitrogens is 1. The van der Waals surface area contributed by atoms with Gasteiger partial charge in [0.05, 0.1) is 25.2 Å². The maximum atomic E-state index is 12.9. The number of benzene rings is 1. The lowest BCUT2D eigenvalue weighted by Gasteiger charge is -2.18. The van der Waals surface area contributed by atoms with Crippen LogP contribution >= 0.6 is 0 Å². The summed E-state index contributed by atoms with van der Waals surface area (Å²) in [6, 6.07) is 7.20. The van der Waals surface area contributed by atoms with Crippen LogP contribution in [-0.4, -0.2) is 53.2 Å². The Hall–Kier alpha value is -3.62. The molecule has 31 heavy (non-hydrogen) atoms. The second kappa shape index (κ2) is 8.25. The summed E-state index contributed by atoms with van der Waals surface area (Å²) in [5, 5.41) is 0.241. The van der Waals surface area contributed by atoms with Crippen molar-refractivity contribution in [2.45, 2.75) is 25.3 Å². The summed E-state index contributed by atoms with van der Waals surface area (Å²) < 4.78 is 12.1. The Morgan fingerprint density at radius 3 is 2.61 bits per heavy atom. The van der Waals surface area contributed by atoms with Crippen LogP contribution in [0.15, 0.2) is 40.1 Å². The molecule has 0 radical (unpaired) electrons. The van der Waals surface area contributed by atoms with E-state index in [-0.39, 0.29) is 17.3 Å². The molecule has 1 amide bonds. The van der Waals surface area contributed by atoms with Gasteiger partial charge in [0.1, 0.15) is 5.65 Å². The van der Waals surface area contributed by atoms with Gasteiger partial charge in [-0.25, -0.2) is 9.78 Å². The molecule has 1 aliphatic carbocycles. The average molecular weight is 424 g/mol. The normalized spacial score (nSPS) is 13.3. The third kappa shape index (κ3) is 4.03. The lowest BCUT2D eigenvalue weighted by Crippen LogP contribution is -2.32. The molecular formula is C22H24N4O5. The minimum Gasteiger partial charge on any atom is -0.493 e. The summed E-state index contributed by atoms with van der Waals surface area (Å²) in [6.45, 7) is 0.463. The first-order chi connectivity index (χ1) is 14.9. The molecule has 162 valence electrons. The molecule has 1 aliphatic rings. The topological polar surface area (TPSA) is 107 Å². The second-order valence-corrected chi connectivity index (χ2v) is 7.62. The highest BCUT2D eigenvalue weighted by Gasteiger charge is 2.28. The minimum absolute atomic E-state index is 0.0602. The molecule has 1 N–H and O–H groups in total. The van der Waals surface area contributed by atoms with Crippen LogP contribution in [0.4, 0.5) is 0 Å². The van der Waals surface area contributed by atoms with Crippen molar-refractivity contribution in [3.63, 3.8) is 0 Å². The van der Waals surface area contributed by atoms with Gasteiger partial charge in [0.15, 0.2) is 11.5 Å². The number of nitrogens with zero attached hydrogens (tertiary/aromatic N) is 3. The smallest absolute Gasteiger partial charge is 0.330 e. The Balaban J connectivity index is 1.54. The molecule has 9 nitrogen and oxygen atoms in total. The molecule has 1 fully saturated rings. The molecule has 2 heterocycles. The van der Waals surface area contributed by atoms with Gasteiger partial charge in [-0.1, -0.05) is 6.07 Å². The summed E-state index contributed by atoms with van der Waals surface area (Å²) in [4.78, 5) is 45.6. The quantitative estimate of drug-likeness (QED) is 0.619. The van der Waals surface area contributed by atoms with Crippen LogP contribution in [-0.2, 0) is 6.42 Å². The summed E-state index contributed by atoms with van der Waals surface area (Å²) in [7, 11) is 4.85. The summed E-state index contributed by atoms with van der Waals surface area (Å²) in [6.07, 6.45) is 3.80. The van der Waals surface area contributed by atoms with E-state index in [1.165, 1.54) is 16.8 Å². The van der Waals surface area contributed by atoms with Crippen LogP contribution in [0.25, 0.3) is 11.0 Å². The van der Waals surface area contributed by atoms with Gasteiger partial charge in [-0.05, 0) is 43.0 Å². The largest absolute Gasteiger partial charge is 0.493 e. The van der Waals surface area contributed by atoms with E-state index in [9.17, 15) is 14.4 Å². The number of ether oxygens (including phenoxy) is 2. The van der Waals surface area contributed by atoms with Crippen molar-refractivity contribution >= 4 is 16.9 Å². The lowest BCUT2D eigenvalue weighted by molar-refractivity contribution is 0.0796. The molecule has 1 aromatic carbocycles. The third-order valence-corrected chi connectivity index (χ3v) is 5.47. The first-order valence-electron chi connectivity index (χ1n) is 10.0. The van der Waals surface area contributed by atoms with Crippen LogP contribution in [0.1, 0.15) is 34.8 Å². The van der Waals surface area contributed by atoms with E-state index in [4.69, 9.17) is 9.47 Å². The maximum Gasteiger partial charge on any atom is 0.330 e. The van der Waals surface area contributed by atoms with Crippen molar-refractivity contribution < 1.29 is 14.3 Å². The fraction of sp³-hybridized carbons (Fsp3) is 0.364. The van der Waals surface area contributed by atoms with Crippen LogP contribution in [0, 0.1) is 0 Å². The summed E-state index contributed by atoms with van der Waals surface area (Å²) in [5.74, 6) is 1.03. The fourth-order valence-corrected chi connectivity index (χ4v) is 3.58. The van der Waals surface area contributed by atoms with Gasteiger partial charge in [0, 0.05) is 25.8 Å². The van der Waals surface area contributed by atoms with Crippen molar-refractivity contribution in [1.82, 2.24) is 19.4 Å². The predicted molar refractivity (Wildman–Crippen MR) is 115 cm³/mol. The van der Waals surface area contributed by atoms with Crippen molar-refractivity contribution in [2.24, 2.45) is 0 Å². The number of hydrogen-bond donors (Lipinski definition) is 1. The SMILES string of the molecule is COc1ccc(CCN(C)C(=O)c2cnc3c(c2)c(=O)[nH]c(=O)n3C2CC2)cc1OC. The molecule has 3 aromatic rings. The van der Waals surface area contributed by atoms with Gasteiger partial charge in [-0.3, -0.25) is 19.1 Å². The first-order valence-corrected chi connectivity index (χ1v) is 10.0. The zero-order valence-corrected chi connectivity index (χ0v) is 17.7. The molecular weight excluding hydrogens is 400 g/mol. The first kappa shape index (κ1) is 20.6. The van der Waals surface area contributed by atoms with Gasteiger partial charge >= 0.3 is 5.69 Å². The van der Waals surface area contributed by atoms with Gasteiger partial charge in [0.25, 0.3) is 11.5 Å². The Labute approximate surface area is 178 Å². The number of hydrogen-bond acceptors (Lipinski definition) is 6. The Kier molecular flexibility index (Phi) is 5.50. The Bertz CT molecular complexity index is 1260. The van der Waals surface area contributed by atoms with Crippen LogP contribution in [0.5, 0.6) is 11.5 Å². The summed E-state index contributed by atoms with van der Waals surface area (Å²) >= 11 is 0. The molecule has 1 saturated carbocycles. The molecule has 4 rings (SSSR count). The van der Waals surface area contributed by atoms with E-state index in [1.807, 2.05) is 18.2 Å². The number of methoxy groups -OCH3 is 2. The van der Waals surface area contributed by atoms with Crippen molar-refractivity contribution in [2.75, 3.05) is 27.8 Å². The van der Waals surface area contributed by atoms with E-state index in [0.717, 1.165) is 18.4 Å². The average Bonchev–Trinajstić information content (AvgIpc) is 3.61. The number of aromatic nitrogens is 3. The number of aromatic amines is 1. The lowest BCUT2D eigenvalue weighted by atomic mass is 10.1. The number of rotatable bonds is 7. The molecule has 0 bridgehead atoms. The Morgan fingerprint density at radius 1 is 1.19 bits per heavy atom. The highest BCUT2D eigenvalue weighted by atomic mass is 16.5. The zero-order valence-electron chi connectivity index (χ0n) is 17.7. The van der Waals surface area contributed by atoms with Crippen molar-refractivity contribution in [1.29, 1.82) is 0 Å². The van der Waals surface area contributed by atoms with Crippen molar-refractivity contribution in [3.8, 4) is 11.5 Å². The van der Waals surface area contributed by atoms with E-state index in [0.29, 0.717) is 35.7 Å². The van der Waals surface area contributed by atoms with E-state index < -0.39 is 11.2 Å². The molecule has 0 aliphatic heterocycles. The van der Waals surface area contributed by atoms with Gasteiger partial charge in [0.2, 0.25) is 0 Å². The number of fused-ring (bicyclic) bond motifs is 1. The van der Waals surface area contributed by atoms with E-state index in [2.05, 4.69) is 9.97 Å². The highest BCUT2D eigenvalue weighted by molar-refractivity contribution is 5.96.